The lowest BCUT2D eigenvalue weighted by Crippen LogP contribution is -2.46. The van der Waals surface area contributed by atoms with Crippen molar-refractivity contribution < 1.29 is 14.7 Å². The van der Waals surface area contributed by atoms with E-state index < -0.39 is 6.09 Å². The van der Waals surface area contributed by atoms with E-state index in [9.17, 15) is 14.7 Å². The Bertz CT molecular complexity index is 1290. The molecule has 2 bridgehead atoms. The van der Waals surface area contributed by atoms with Gasteiger partial charge in [-0.2, -0.15) is 5.10 Å². The maximum absolute atomic E-state index is 12.9. The number of benzene rings is 2. The van der Waals surface area contributed by atoms with Gasteiger partial charge in [-0.1, -0.05) is 50.6 Å². The number of carbonyl (C=O) groups is 2. The minimum Gasteiger partial charge on any atom is -0.465 e. The lowest BCUT2D eigenvalue weighted by Gasteiger charge is -2.37. The molecule has 0 saturated carbocycles. The van der Waals surface area contributed by atoms with Crippen molar-refractivity contribution in [2.24, 2.45) is 5.92 Å². The number of nitrogens with zero attached hydrogens (tertiary/aromatic N) is 3. The molecule has 8 heteroatoms. The second-order valence-corrected chi connectivity index (χ2v) is 11.8. The highest BCUT2D eigenvalue weighted by atomic mass is 16.4. The van der Waals surface area contributed by atoms with Gasteiger partial charge in [0.1, 0.15) is 5.82 Å². The summed E-state index contributed by atoms with van der Waals surface area (Å²) in [5, 5.41) is 20.2. The van der Waals surface area contributed by atoms with E-state index in [4.69, 9.17) is 5.10 Å². The molecule has 2 aliphatic rings. The molecular weight excluding hydrogens is 478 g/mol. The predicted octanol–water partition coefficient (Wildman–Crippen LogP) is 6.59. The number of nitrogens with one attached hydrogen (secondary N) is 2. The fourth-order valence-electron chi connectivity index (χ4n) is 5.82. The molecule has 3 amide bonds. The number of carbonyl (C=O) groups excluding carboxylic acids is 1. The van der Waals surface area contributed by atoms with Gasteiger partial charge in [0.15, 0.2) is 0 Å². The number of hydrogen-bond acceptors (Lipinski definition) is 3. The zero-order chi connectivity index (χ0) is 27.0. The summed E-state index contributed by atoms with van der Waals surface area (Å²) in [6.07, 6.45) is 3.96. The Hall–Kier alpha value is -3.81. The average Bonchev–Trinajstić information content (AvgIpc) is 3.40. The van der Waals surface area contributed by atoms with Gasteiger partial charge in [0.05, 0.1) is 11.4 Å². The third-order valence-corrected chi connectivity index (χ3v) is 7.79. The minimum atomic E-state index is -0.777. The maximum Gasteiger partial charge on any atom is 0.407 e. The summed E-state index contributed by atoms with van der Waals surface area (Å²) in [6.45, 7) is 8.33. The zero-order valence-corrected chi connectivity index (χ0v) is 22.6. The van der Waals surface area contributed by atoms with Crippen LogP contribution in [0.3, 0.4) is 0 Å². The van der Waals surface area contributed by atoms with Gasteiger partial charge in [-0.05, 0) is 74.8 Å². The average molecular weight is 516 g/mol. The first-order valence-corrected chi connectivity index (χ1v) is 13.4. The Kier molecular flexibility index (Phi) is 6.90. The number of fused-ring (bicyclic) bond motifs is 2. The van der Waals surface area contributed by atoms with Gasteiger partial charge in [0.25, 0.3) is 0 Å². The van der Waals surface area contributed by atoms with Gasteiger partial charge in [-0.15, -0.1) is 0 Å². The molecule has 1 aromatic heterocycles. The van der Waals surface area contributed by atoms with Crippen LogP contribution >= 0.6 is 0 Å². The first-order valence-electron chi connectivity index (χ1n) is 13.4. The molecule has 5 rings (SSSR count). The molecule has 3 aromatic rings. The van der Waals surface area contributed by atoms with Crippen molar-refractivity contribution >= 4 is 23.6 Å². The summed E-state index contributed by atoms with van der Waals surface area (Å²) in [5.41, 5.74) is 4.68. The van der Waals surface area contributed by atoms with Gasteiger partial charge in [-0.25, -0.2) is 14.3 Å². The predicted molar refractivity (Wildman–Crippen MR) is 149 cm³/mol. The second kappa shape index (κ2) is 10.2. The van der Waals surface area contributed by atoms with Crippen LogP contribution in [-0.4, -0.2) is 44.0 Å². The largest absolute Gasteiger partial charge is 0.465 e. The first kappa shape index (κ1) is 25.8. The molecule has 0 aliphatic carbocycles. The highest BCUT2D eigenvalue weighted by molar-refractivity contribution is 5.99. The molecule has 3 heterocycles. The van der Waals surface area contributed by atoms with Gasteiger partial charge in [0.2, 0.25) is 0 Å². The normalized spacial score (nSPS) is 20.8. The van der Waals surface area contributed by atoms with E-state index in [0.717, 1.165) is 49.0 Å². The lowest BCUT2D eigenvalue weighted by atomic mass is 9.86. The molecule has 2 aromatic carbocycles. The summed E-state index contributed by atoms with van der Waals surface area (Å²) in [4.78, 5) is 26.2. The summed E-state index contributed by atoms with van der Waals surface area (Å²) in [7, 11) is 0. The number of rotatable bonds is 5. The Morgan fingerprint density at radius 3 is 2.18 bits per heavy atom. The summed E-state index contributed by atoms with van der Waals surface area (Å²) < 4.78 is 1.77. The van der Waals surface area contributed by atoms with Crippen molar-refractivity contribution in [3.05, 3.63) is 71.4 Å². The number of piperidine rings is 1. The minimum absolute atomic E-state index is 0.160. The van der Waals surface area contributed by atoms with Crippen molar-refractivity contribution in [2.45, 2.75) is 77.3 Å². The quantitative estimate of drug-likeness (QED) is 0.357. The van der Waals surface area contributed by atoms with Gasteiger partial charge in [-0.3, -0.25) is 5.32 Å². The first-order chi connectivity index (χ1) is 18.1. The number of aromatic nitrogens is 2. The third-order valence-electron chi connectivity index (χ3n) is 7.79. The SMILES string of the molecule is Cc1ccc(-n2nc(C(C)(C)C)cc2NC(=O)Nc2ccc(CC3C[C@H]4CC[C@@H](C3)N4C(=O)O)cc2)cc1. The third kappa shape index (κ3) is 5.54. The van der Waals surface area contributed by atoms with Gasteiger partial charge in [0, 0.05) is 29.3 Å². The number of aryl methyl sites for hydroxylation is 1. The molecule has 200 valence electrons. The standard InChI is InChI=1S/C30H37N5O3/c1-19-5-11-23(12-6-19)35-27(18-26(33-35)30(2,3)4)32-28(36)31-22-9-7-20(8-10-22)15-21-16-24-13-14-25(17-21)34(24)29(37)38/h5-12,18,21,24-25H,13-17H2,1-4H3,(H,37,38)(H2,31,32,36)/t21?,24-,25+. The van der Waals surface area contributed by atoms with E-state index in [-0.39, 0.29) is 23.5 Å². The molecule has 1 unspecified atom stereocenters. The highest BCUT2D eigenvalue weighted by Gasteiger charge is 2.43. The molecule has 3 atom stereocenters. The number of hydrogen-bond donors (Lipinski definition) is 3. The molecule has 2 aliphatic heterocycles. The van der Waals surface area contributed by atoms with Crippen LogP contribution < -0.4 is 10.6 Å². The van der Waals surface area contributed by atoms with Gasteiger partial charge < -0.3 is 15.3 Å². The molecular formula is C30H37N5O3. The Morgan fingerprint density at radius 2 is 1.61 bits per heavy atom. The van der Waals surface area contributed by atoms with E-state index in [2.05, 4.69) is 43.5 Å². The van der Waals surface area contributed by atoms with Crippen LogP contribution in [0.4, 0.5) is 21.1 Å². The van der Waals surface area contributed by atoms with Crippen LogP contribution in [-0.2, 0) is 11.8 Å². The van der Waals surface area contributed by atoms with E-state index in [1.165, 1.54) is 5.56 Å². The summed E-state index contributed by atoms with van der Waals surface area (Å²) in [6, 6.07) is 17.9. The number of anilines is 2. The zero-order valence-electron chi connectivity index (χ0n) is 22.6. The number of urea groups is 1. The highest BCUT2D eigenvalue weighted by Crippen LogP contribution is 2.40. The maximum atomic E-state index is 12.9. The van der Waals surface area contributed by atoms with Crippen LogP contribution in [0.25, 0.3) is 5.69 Å². The summed E-state index contributed by atoms with van der Waals surface area (Å²) >= 11 is 0. The topological polar surface area (TPSA) is 99.5 Å². The van der Waals surface area contributed by atoms with Crippen LogP contribution in [0.5, 0.6) is 0 Å². The van der Waals surface area contributed by atoms with Gasteiger partial charge >= 0.3 is 12.1 Å². The van der Waals surface area contributed by atoms with E-state index in [0.29, 0.717) is 17.4 Å². The van der Waals surface area contributed by atoms with Crippen LogP contribution in [0.1, 0.15) is 63.3 Å². The molecule has 8 nitrogen and oxygen atoms in total. The summed E-state index contributed by atoms with van der Waals surface area (Å²) in [5.74, 6) is 1.10. The smallest absolute Gasteiger partial charge is 0.407 e. The van der Waals surface area contributed by atoms with Crippen LogP contribution in [0, 0.1) is 12.8 Å². The van der Waals surface area contributed by atoms with Crippen molar-refractivity contribution in [2.75, 3.05) is 10.6 Å². The number of amides is 3. The fourth-order valence-corrected chi connectivity index (χ4v) is 5.82. The van der Waals surface area contributed by atoms with Crippen LogP contribution in [0.15, 0.2) is 54.6 Å². The van der Waals surface area contributed by atoms with E-state index in [1.807, 2.05) is 49.4 Å². The monoisotopic (exact) mass is 515 g/mol. The van der Waals surface area contributed by atoms with Crippen LogP contribution in [0.2, 0.25) is 0 Å². The van der Waals surface area contributed by atoms with E-state index in [1.54, 1.807) is 9.58 Å². The van der Waals surface area contributed by atoms with Crippen molar-refractivity contribution in [1.82, 2.24) is 14.7 Å². The lowest BCUT2D eigenvalue weighted by molar-refractivity contribution is 0.0850. The molecule has 3 N–H and O–H groups in total. The van der Waals surface area contributed by atoms with Crippen molar-refractivity contribution in [3.8, 4) is 5.69 Å². The Balaban J connectivity index is 1.23. The molecule has 0 spiro atoms. The van der Waals surface area contributed by atoms with Crippen molar-refractivity contribution in [3.63, 3.8) is 0 Å². The fraction of sp³-hybridized carbons (Fsp3) is 0.433. The molecule has 2 saturated heterocycles. The Morgan fingerprint density at radius 1 is 0.974 bits per heavy atom. The molecule has 2 fully saturated rings. The van der Waals surface area contributed by atoms with E-state index >= 15 is 0 Å². The second-order valence-electron chi connectivity index (χ2n) is 11.8. The Labute approximate surface area is 224 Å². The molecule has 0 radical (unpaired) electrons. The number of carboxylic acid groups (broad SMARTS) is 1. The molecule has 38 heavy (non-hydrogen) atoms. The van der Waals surface area contributed by atoms with Crippen molar-refractivity contribution in [1.29, 1.82) is 0 Å².